The Morgan fingerprint density at radius 1 is 1.20 bits per heavy atom. The number of hydrogen-bond acceptors (Lipinski definition) is 3. The molecule has 3 rings (SSSR count). The van der Waals surface area contributed by atoms with Crippen molar-refractivity contribution in [1.82, 2.24) is 0 Å². The Bertz CT molecular complexity index is 657. The molecule has 2 aromatic rings. The van der Waals surface area contributed by atoms with E-state index in [9.17, 15) is 4.79 Å². The van der Waals surface area contributed by atoms with Crippen LogP contribution in [0.5, 0.6) is 0 Å². The molecule has 0 bridgehead atoms. The van der Waals surface area contributed by atoms with Crippen LogP contribution in [0.25, 0.3) is 0 Å². The molecule has 3 nitrogen and oxygen atoms in total. The quantitative estimate of drug-likeness (QED) is 0.818. The Balaban J connectivity index is 1.97. The highest BCUT2D eigenvalue weighted by molar-refractivity contribution is 7.99. The summed E-state index contributed by atoms with van der Waals surface area (Å²) in [6.07, 6.45) is 0. The van der Waals surface area contributed by atoms with Gasteiger partial charge in [0, 0.05) is 33.5 Å². The SMILES string of the molecule is Nc1ccc2c(c1)N(C(=O)c1ccc(Cl)cc1)CCS2. The van der Waals surface area contributed by atoms with Crippen molar-refractivity contribution >= 4 is 40.6 Å². The van der Waals surface area contributed by atoms with E-state index >= 15 is 0 Å². The Morgan fingerprint density at radius 3 is 2.70 bits per heavy atom. The third-order valence-corrected chi connectivity index (χ3v) is 4.48. The molecule has 1 aliphatic rings. The Hall–Kier alpha value is -1.65. The fraction of sp³-hybridized carbons (Fsp3) is 0.133. The molecule has 0 radical (unpaired) electrons. The zero-order chi connectivity index (χ0) is 14.1. The summed E-state index contributed by atoms with van der Waals surface area (Å²) in [5.41, 5.74) is 8.03. The van der Waals surface area contributed by atoms with E-state index in [1.54, 1.807) is 40.9 Å². The third kappa shape index (κ3) is 2.49. The molecule has 0 saturated carbocycles. The number of nitrogen functional groups attached to an aromatic ring is 1. The number of anilines is 2. The lowest BCUT2D eigenvalue weighted by Crippen LogP contribution is -2.35. The topological polar surface area (TPSA) is 46.3 Å². The maximum absolute atomic E-state index is 12.6. The number of benzene rings is 2. The molecule has 1 heterocycles. The molecular weight excluding hydrogens is 292 g/mol. The van der Waals surface area contributed by atoms with Crippen molar-refractivity contribution in [2.24, 2.45) is 0 Å². The van der Waals surface area contributed by atoms with Crippen molar-refractivity contribution in [2.75, 3.05) is 22.9 Å². The Kier molecular flexibility index (Phi) is 3.59. The summed E-state index contributed by atoms with van der Waals surface area (Å²) in [4.78, 5) is 15.5. The van der Waals surface area contributed by atoms with Gasteiger partial charge in [0.15, 0.2) is 0 Å². The van der Waals surface area contributed by atoms with Crippen molar-refractivity contribution in [1.29, 1.82) is 0 Å². The van der Waals surface area contributed by atoms with Crippen LogP contribution in [-0.4, -0.2) is 18.2 Å². The minimum atomic E-state index is -0.0196. The highest BCUT2D eigenvalue weighted by Crippen LogP contribution is 2.36. The van der Waals surface area contributed by atoms with E-state index in [1.807, 2.05) is 18.2 Å². The summed E-state index contributed by atoms with van der Waals surface area (Å²) < 4.78 is 0. The number of carbonyl (C=O) groups is 1. The van der Waals surface area contributed by atoms with Crippen LogP contribution in [0.1, 0.15) is 10.4 Å². The molecule has 0 aromatic heterocycles. The molecule has 2 aromatic carbocycles. The second-order valence-corrected chi connectivity index (χ2v) is 6.11. The number of nitrogens with zero attached hydrogens (tertiary/aromatic N) is 1. The molecular formula is C15H13ClN2OS. The lowest BCUT2D eigenvalue weighted by Gasteiger charge is -2.29. The standard InChI is InChI=1S/C15H13ClN2OS/c16-11-3-1-10(2-4-11)15(19)18-7-8-20-14-6-5-12(17)9-13(14)18/h1-6,9H,7-8,17H2. The van der Waals surface area contributed by atoms with E-state index in [0.29, 0.717) is 22.8 Å². The summed E-state index contributed by atoms with van der Waals surface area (Å²) >= 11 is 7.60. The third-order valence-electron chi connectivity index (χ3n) is 3.18. The predicted octanol–water partition coefficient (Wildman–Crippen LogP) is 3.67. The first kappa shape index (κ1) is 13.3. The maximum atomic E-state index is 12.6. The van der Waals surface area contributed by atoms with Gasteiger partial charge in [0.05, 0.1) is 5.69 Å². The van der Waals surface area contributed by atoms with Crippen LogP contribution in [0.15, 0.2) is 47.4 Å². The first-order chi connectivity index (χ1) is 9.65. The summed E-state index contributed by atoms with van der Waals surface area (Å²) in [6.45, 7) is 0.683. The van der Waals surface area contributed by atoms with Crippen molar-refractivity contribution in [3.05, 3.63) is 53.1 Å². The van der Waals surface area contributed by atoms with Gasteiger partial charge in [-0.1, -0.05) is 11.6 Å². The fourth-order valence-electron chi connectivity index (χ4n) is 2.19. The first-order valence-electron chi connectivity index (χ1n) is 6.25. The molecule has 20 heavy (non-hydrogen) atoms. The van der Waals surface area contributed by atoms with Gasteiger partial charge in [0.2, 0.25) is 0 Å². The monoisotopic (exact) mass is 304 g/mol. The molecule has 0 atom stereocenters. The number of carbonyl (C=O) groups excluding carboxylic acids is 1. The zero-order valence-electron chi connectivity index (χ0n) is 10.7. The maximum Gasteiger partial charge on any atom is 0.258 e. The van der Waals surface area contributed by atoms with E-state index in [1.165, 1.54) is 0 Å². The minimum Gasteiger partial charge on any atom is -0.399 e. The highest BCUT2D eigenvalue weighted by atomic mass is 35.5. The van der Waals surface area contributed by atoms with E-state index in [-0.39, 0.29) is 5.91 Å². The molecule has 0 fully saturated rings. The molecule has 0 unspecified atom stereocenters. The number of amides is 1. The number of nitrogens with two attached hydrogens (primary N) is 1. The molecule has 1 aliphatic heterocycles. The van der Waals surface area contributed by atoms with Crippen molar-refractivity contribution in [3.63, 3.8) is 0 Å². The van der Waals surface area contributed by atoms with E-state index in [4.69, 9.17) is 17.3 Å². The molecule has 1 amide bonds. The van der Waals surface area contributed by atoms with Crippen LogP contribution < -0.4 is 10.6 Å². The summed E-state index contributed by atoms with van der Waals surface area (Å²) in [5, 5.41) is 0.625. The Morgan fingerprint density at radius 2 is 1.95 bits per heavy atom. The fourth-order valence-corrected chi connectivity index (χ4v) is 3.30. The van der Waals surface area contributed by atoms with Gasteiger partial charge in [-0.05, 0) is 42.5 Å². The van der Waals surface area contributed by atoms with E-state index < -0.39 is 0 Å². The average molecular weight is 305 g/mol. The van der Waals surface area contributed by atoms with Gasteiger partial charge < -0.3 is 10.6 Å². The number of halogens is 1. The summed E-state index contributed by atoms with van der Waals surface area (Å²) in [7, 11) is 0. The van der Waals surface area contributed by atoms with E-state index in [0.717, 1.165) is 16.3 Å². The molecule has 0 aliphatic carbocycles. The molecule has 5 heteroatoms. The lowest BCUT2D eigenvalue weighted by atomic mass is 10.1. The van der Waals surface area contributed by atoms with Gasteiger partial charge in [-0.15, -0.1) is 11.8 Å². The molecule has 0 spiro atoms. The van der Waals surface area contributed by atoms with E-state index in [2.05, 4.69) is 0 Å². The van der Waals surface area contributed by atoms with Gasteiger partial charge in [0.1, 0.15) is 0 Å². The number of fused-ring (bicyclic) bond motifs is 1. The van der Waals surface area contributed by atoms with Gasteiger partial charge in [0.25, 0.3) is 5.91 Å². The Labute approximate surface area is 126 Å². The zero-order valence-corrected chi connectivity index (χ0v) is 12.2. The second kappa shape index (κ2) is 5.38. The summed E-state index contributed by atoms with van der Waals surface area (Å²) in [5.74, 6) is 0.866. The highest BCUT2D eigenvalue weighted by Gasteiger charge is 2.24. The molecule has 2 N–H and O–H groups in total. The van der Waals surface area contributed by atoms with Gasteiger partial charge in [-0.25, -0.2) is 0 Å². The number of rotatable bonds is 1. The predicted molar refractivity (Wildman–Crippen MR) is 84.7 cm³/mol. The molecule has 0 saturated heterocycles. The number of hydrogen-bond donors (Lipinski definition) is 1. The van der Waals surface area contributed by atoms with Crippen molar-refractivity contribution in [3.8, 4) is 0 Å². The van der Waals surface area contributed by atoms with Crippen molar-refractivity contribution < 1.29 is 4.79 Å². The van der Waals surface area contributed by atoms with Gasteiger partial charge in [-0.2, -0.15) is 0 Å². The largest absolute Gasteiger partial charge is 0.399 e. The average Bonchev–Trinajstić information content (AvgIpc) is 2.46. The lowest BCUT2D eigenvalue weighted by molar-refractivity contribution is 0.0987. The van der Waals surface area contributed by atoms with Crippen LogP contribution in [0.4, 0.5) is 11.4 Å². The smallest absolute Gasteiger partial charge is 0.258 e. The summed E-state index contributed by atoms with van der Waals surface area (Å²) in [6, 6.07) is 12.6. The van der Waals surface area contributed by atoms with Crippen LogP contribution in [-0.2, 0) is 0 Å². The molecule has 102 valence electrons. The van der Waals surface area contributed by atoms with Gasteiger partial charge >= 0.3 is 0 Å². The first-order valence-corrected chi connectivity index (χ1v) is 7.61. The second-order valence-electron chi connectivity index (χ2n) is 4.54. The van der Waals surface area contributed by atoms with Crippen LogP contribution in [0.2, 0.25) is 5.02 Å². The van der Waals surface area contributed by atoms with Crippen LogP contribution in [0, 0.1) is 0 Å². The van der Waals surface area contributed by atoms with Crippen LogP contribution >= 0.6 is 23.4 Å². The minimum absolute atomic E-state index is 0.0196. The van der Waals surface area contributed by atoms with Crippen molar-refractivity contribution in [2.45, 2.75) is 4.90 Å². The van der Waals surface area contributed by atoms with Gasteiger partial charge in [-0.3, -0.25) is 4.79 Å². The number of thioether (sulfide) groups is 1. The van der Waals surface area contributed by atoms with Crippen LogP contribution in [0.3, 0.4) is 0 Å². The normalized spacial score (nSPS) is 13.9.